The van der Waals surface area contributed by atoms with Crippen LogP contribution in [0, 0.1) is 17.0 Å². The second-order valence-corrected chi connectivity index (χ2v) is 8.75. The molecule has 1 aliphatic heterocycles. The van der Waals surface area contributed by atoms with Gasteiger partial charge in [0.05, 0.1) is 23.0 Å². The molecule has 1 aliphatic rings. The molecule has 0 atom stereocenters. The zero-order valence-electron chi connectivity index (χ0n) is 15.9. The third kappa shape index (κ3) is 4.32. The van der Waals surface area contributed by atoms with Gasteiger partial charge in [-0.05, 0) is 30.2 Å². The minimum absolute atomic E-state index is 0.0471. The molecule has 9 heteroatoms. The Bertz CT molecular complexity index is 954. The SMILES string of the molecule is Cc1ccc([N+](=O)[O-])cc1S(=O)(=O)N(C)Cc1ccc(N2CCOCC2)cc1. The van der Waals surface area contributed by atoms with Crippen molar-refractivity contribution in [2.75, 3.05) is 38.3 Å². The lowest BCUT2D eigenvalue weighted by atomic mass is 10.2. The van der Waals surface area contributed by atoms with Crippen molar-refractivity contribution in [1.29, 1.82) is 0 Å². The van der Waals surface area contributed by atoms with Gasteiger partial charge in [-0.25, -0.2) is 8.42 Å². The van der Waals surface area contributed by atoms with Crippen LogP contribution in [0.2, 0.25) is 0 Å². The van der Waals surface area contributed by atoms with Gasteiger partial charge in [-0.2, -0.15) is 4.31 Å². The van der Waals surface area contributed by atoms with Gasteiger partial charge in [0, 0.05) is 44.5 Å². The van der Waals surface area contributed by atoms with Gasteiger partial charge in [0.15, 0.2) is 0 Å². The first-order valence-electron chi connectivity index (χ1n) is 8.92. The van der Waals surface area contributed by atoms with E-state index in [1.54, 1.807) is 6.92 Å². The van der Waals surface area contributed by atoms with Crippen molar-refractivity contribution in [2.24, 2.45) is 0 Å². The minimum Gasteiger partial charge on any atom is -0.378 e. The van der Waals surface area contributed by atoms with E-state index >= 15 is 0 Å². The molecule has 0 bridgehead atoms. The molecule has 2 aromatic rings. The molecule has 1 fully saturated rings. The van der Waals surface area contributed by atoms with Gasteiger partial charge in [0.1, 0.15) is 0 Å². The van der Waals surface area contributed by atoms with Crippen LogP contribution in [0.5, 0.6) is 0 Å². The number of benzene rings is 2. The Labute approximate surface area is 164 Å². The van der Waals surface area contributed by atoms with Crippen LogP contribution in [-0.2, 0) is 21.3 Å². The van der Waals surface area contributed by atoms with E-state index < -0.39 is 14.9 Å². The summed E-state index contributed by atoms with van der Waals surface area (Å²) in [6.07, 6.45) is 0. The topological polar surface area (TPSA) is 93.0 Å². The third-order valence-electron chi connectivity index (χ3n) is 4.79. The molecule has 0 spiro atoms. The highest BCUT2D eigenvalue weighted by molar-refractivity contribution is 7.89. The zero-order valence-corrected chi connectivity index (χ0v) is 16.7. The number of hydrogen-bond donors (Lipinski definition) is 0. The van der Waals surface area contributed by atoms with E-state index in [0.29, 0.717) is 18.8 Å². The summed E-state index contributed by atoms with van der Waals surface area (Å²) < 4.78 is 32.4. The first-order chi connectivity index (χ1) is 13.3. The van der Waals surface area contributed by atoms with Crippen LogP contribution in [0.4, 0.5) is 11.4 Å². The number of non-ortho nitro benzene ring substituents is 1. The first-order valence-corrected chi connectivity index (χ1v) is 10.4. The summed E-state index contributed by atoms with van der Waals surface area (Å²) in [6.45, 7) is 4.87. The van der Waals surface area contributed by atoms with Crippen LogP contribution in [0.1, 0.15) is 11.1 Å². The molecule has 0 N–H and O–H groups in total. The summed E-state index contributed by atoms with van der Waals surface area (Å²) in [5.41, 5.74) is 2.14. The van der Waals surface area contributed by atoms with Crippen molar-refractivity contribution in [3.63, 3.8) is 0 Å². The van der Waals surface area contributed by atoms with Crippen molar-refractivity contribution >= 4 is 21.4 Å². The van der Waals surface area contributed by atoms with Gasteiger partial charge in [0.2, 0.25) is 10.0 Å². The van der Waals surface area contributed by atoms with Gasteiger partial charge in [-0.15, -0.1) is 0 Å². The highest BCUT2D eigenvalue weighted by Gasteiger charge is 2.25. The van der Waals surface area contributed by atoms with Crippen LogP contribution in [0.3, 0.4) is 0 Å². The van der Waals surface area contributed by atoms with E-state index in [9.17, 15) is 18.5 Å². The number of anilines is 1. The molecular formula is C19H23N3O5S. The lowest BCUT2D eigenvalue weighted by molar-refractivity contribution is -0.385. The third-order valence-corrected chi connectivity index (χ3v) is 6.73. The van der Waals surface area contributed by atoms with Crippen molar-refractivity contribution in [3.05, 3.63) is 63.7 Å². The van der Waals surface area contributed by atoms with Gasteiger partial charge >= 0.3 is 0 Å². The highest BCUT2D eigenvalue weighted by atomic mass is 32.2. The number of aryl methyl sites for hydroxylation is 1. The Morgan fingerprint density at radius 1 is 1.14 bits per heavy atom. The van der Waals surface area contributed by atoms with Crippen molar-refractivity contribution in [3.8, 4) is 0 Å². The molecule has 0 aliphatic carbocycles. The van der Waals surface area contributed by atoms with Gasteiger partial charge in [-0.3, -0.25) is 10.1 Å². The molecule has 0 unspecified atom stereocenters. The van der Waals surface area contributed by atoms with E-state index in [-0.39, 0.29) is 17.1 Å². The van der Waals surface area contributed by atoms with E-state index in [1.807, 2.05) is 24.3 Å². The lowest BCUT2D eigenvalue weighted by Crippen LogP contribution is -2.36. The standard InChI is InChI=1S/C19H23N3O5S/c1-15-3-6-18(22(23)24)13-19(15)28(25,26)20(2)14-16-4-7-17(8-5-16)21-9-11-27-12-10-21/h3-8,13H,9-12,14H2,1-2H3. The predicted molar refractivity (Wildman–Crippen MR) is 106 cm³/mol. The first kappa shape index (κ1) is 20.2. The quantitative estimate of drug-likeness (QED) is 0.542. The summed E-state index contributed by atoms with van der Waals surface area (Å²) >= 11 is 0. The maximum atomic E-state index is 12.9. The molecule has 1 heterocycles. The van der Waals surface area contributed by atoms with Crippen molar-refractivity contribution in [2.45, 2.75) is 18.4 Å². The Hall–Kier alpha value is -2.49. The molecule has 0 radical (unpaired) electrons. The average Bonchev–Trinajstić information content (AvgIpc) is 2.69. The largest absolute Gasteiger partial charge is 0.378 e. The molecule has 0 aromatic heterocycles. The molecule has 28 heavy (non-hydrogen) atoms. The fourth-order valence-electron chi connectivity index (χ4n) is 3.12. The van der Waals surface area contributed by atoms with Crippen LogP contribution in [-0.4, -0.2) is 51.0 Å². The van der Waals surface area contributed by atoms with Gasteiger partial charge < -0.3 is 9.64 Å². The summed E-state index contributed by atoms with van der Waals surface area (Å²) in [5, 5.41) is 11.0. The maximum Gasteiger partial charge on any atom is 0.270 e. The number of hydrogen-bond acceptors (Lipinski definition) is 6. The summed E-state index contributed by atoms with van der Waals surface area (Å²) in [7, 11) is -2.38. The van der Waals surface area contributed by atoms with Crippen LogP contribution < -0.4 is 4.90 Å². The average molecular weight is 405 g/mol. The lowest BCUT2D eigenvalue weighted by Gasteiger charge is -2.29. The number of nitro benzene ring substituents is 1. The summed E-state index contributed by atoms with van der Waals surface area (Å²) in [6, 6.07) is 11.6. The highest BCUT2D eigenvalue weighted by Crippen LogP contribution is 2.25. The molecule has 8 nitrogen and oxygen atoms in total. The van der Waals surface area contributed by atoms with E-state index in [0.717, 1.165) is 30.4 Å². The Kier molecular flexibility index (Phi) is 5.97. The number of morpholine rings is 1. The number of sulfonamides is 1. The Morgan fingerprint density at radius 2 is 1.79 bits per heavy atom. The zero-order chi connectivity index (χ0) is 20.3. The van der Waals surface area contributed by atoms with Crippen LogP contribution in [0.25, 0.3) is 0 Å². The van der Waals surface area contributed by atoms with E-state index in [4.69, 9.17) is 4.74 Å². The molecular weight excluding hydrogens is 382 g/mol. The molecule has 0 saturated carbocycles. The second-order valence-electron chi connectivity index (χ2n) is 6.73. The normalized spacial score (nSPS) is 15.0. The summed E-state index contributed by atoms with van der Waals surface area (Å²) in [5.74, 6) is 0. The number of nitrogens with zero attached hydrogens (tertiary/aromatic N) is 3. The Balaban J connectivity index is 1.77. The van der Waals surface area contributed by atoms with E-state index in [2.05, 4.69) is 4.90 Å². The van der Waals surface area contributed by atoms with Gasteiger partial charge in [-0.1, -0.05) is 18.2 Å². The molecule has 150 valence electrons. The minimum atomic E-state index is -3.85. The summed E-state index contributed by atoms with van der Waals surface area (Å²) in [4.78, 5) is 12.6. The monoisotopic (exact) mass is 405 g/mol. The molecule has 1 saturated heterocycles. The fourth-order valence-corrected chi connectivity index (χ4v) is 4.52. The molecule has 0 amide bonds. The number of ether oxygens (including phenoxy) is 1. The van der Waals surface area contributed by atoms with Gasteiger partial charge in [0.25, 0.3) is 5.69 Å². The van der Waals surface area contributed by atoms with Crippen LogP contribution in [0.15, 0.2) is 47.4 Å². The molecule has 2 aromatic carbocycles. The number of nitro groups is 1. The van der Waals surface area contributed by atoms with Crippen molar-refractivity contribution < 1.29 is 18.1 Å². The fraction of sp³-hybridized carbons (Fsp3) is 0.368. The number of rotatable bonds is 6. The Morgan fingerprint density at radius 3 is 2.39 bits per heavy atom. The van der Waals surface area contributed by atoms with Crippen LogP contribution >= 0.6 is 0 Å². The predicted octanol–water partition coefficient (Wildman–Crippen LogP) is 2.56. The van der Waals surface area contributed by atoms with E-state index in [1.165, 1.54) is 23.5 Å². The maximum absolute atomic E-state index is 12.9. The second kappa shape index (κ2) is 8.26. The molecule has 3 rings (SSSR count). The smallest absolute Gasteiger partial charge is 0.270 e. The van der Waals surface area contributed by atoms with Crippen molar-refractivity contribution in [1.82, 2.24) is 4.31 Å².